The monoisotopic (exact) mass is 248 g/mol. The Hall–Kier alpha value is -1.55. The summed E-state index contributed by atoms with van der Waals surface area (Å²) in [4.78, 5) is 14.2. The van der Waals surface area contributed by atoms with Crippen LogP contribution in [0.3, 0.4) is 0 Å². The van der Waals surface area contributed by atoms with Crippen molar-refractivity contribution in [2.75, 3.05) is 33.8 Å². The van der Waals surface area contributed by atoms with Crippen molar-refractivity contribution >= 4 is 5.91 Å². The van der Waals surface area contributed by atoms with E-state index < -0.39 is 0 Å². The summed E-state index contributed by atoms with van der Waals surface area (Å²) in [5.74, 6) is 0.974. The largest absolute Gasteiger partial charge is 0.493 e. The van der Waals surface area contributed by atoms with Gasteiger partial charge in [-0.15, -0.1) is 0 Å². The van der Waals surface area contributed by atoms with Crippen molar-refractivity contribution in [3.63, 3.8) is 0 Å². The van der Waals surface area contributed by atoms with Gasteiger partial charge in [0.15, 0.2) is 0 Å². The van der Waals surface area contributed by atoms with E-state index in [4.69, 9.17) is 4.74 Å². The summed E-state index contributed by atoms with van der Waals surface area (Å²) in [6.07, 6.45) is 0.764. The van der Waals surface area contributed by atoms with Gasteiger partial charge < -0.3 is 15.0 Å². The van der Waals surface area contributed by atoms with E-state index in [0.717, 1.165) is 30.8 Å². The fourth-order valence-electron chi connectivity index (χ4n) is 2.25. The zero-order valence-corrected chi connectivity index (χ0v) is 11.0. The molecule has 0 spiro atoms. The minimum absolute atomic E-state index is 0.0585. The number of fused-ring (bicyclic) bond motifs is 1. The highest BCUT2D eigenvalue weighted by molar-refractivity contribution is 5.84. The Labute approximate surface area is 108 Å². The number of nitrogens with zero attached hydrogens (tertiary/aromatic N) is 1. The third-order valence-corrected chi connectivity index (χ3v) is 3.33. The molecule has 0 fully saturated rings. The van der Waals surface area contributed by atoms with Gasteiger partial charge in [-0.25, -0.2) is 0 Å². The van der Waals surface area contributed by atoms with Crippen molar-refractivity contribution in [1.82, 2.24) is 10.2 Å². The molecule has 1 N–H and O–H groups in total. The zero-order chi connectivity index (χ0) is 13.0. The van der Waals surface area contributed by atoms with Crippen LogP contribution < -0.4 is 10.1 Å². The maximum atomic E-state index is 12.4. The van der Waals surface area contributed by atoms with E-state index >= 15 is 0 Å². The number of para-hydroxylation sites is 1. The third kappa shape index (κ3) is 2.64. The Morgan fingerprint density at radius 1 is 1.50 bits per heavy atom. The highest BCUT2D eigenvalue weighted by atomic mass is 16.5. The van der Waals surface area contributed by atoms with E-state index in [1.165, 1.54) is 0 Å². The zero-order valence-electron chi connectivity index (χ0n) is 11.0. The predicted molar refractivity (Wildman–Crippen MR) is 70.9 cm³/mol. The lowest BCUT2D eigenvalue weighted by atomic mass is 9.92. The van der Waals surface area contributed by atoms with E-state index in [0.29, 0.717) is 6.61 Å². The van der Waals surface area contributed by atoms with E-state index in [1.54, 1.807) is 4.90 Å². The van der Waals surface area contributed by atoms with Gasteiger partial charge in [0, 0.05) is 25.7 Å². The Kier molecular flexibility index (Phi) is 4.20. The number of carbonyl (C=O) groups is 1. The first kappa shape index (κ1) is 12.9. The van der Waals surface area contributed by atoms with Crippen LogP contribution in [-0.2, 0) is 4.79 Å². The molecule has 0 radical (unpaired) electrons. The number of hydrogen-bond donors (Lipinski definition) is 1. The number of nitrogens with one attached hydrogen (secondary N) is 1. The molecule has 1 aromatic carbocycles. The minimum Gasteiger partial charge on any atom is -0.493 e. The van der Waals surface area contributed by atoms with E-state index in [9.17, 15) is 4.79 Å². The van der Waals surface area contributed by atoms with Crippen LogP contribution in [0.25, 0.3) is 0 Å². The molecule has 0 bridgehead atoms. The quantitative estimate of drug-likeness (QED) is 0.871. The van der Waals surface area contributed by atoms with Crippen LogP contribution in [0.1, 0.15) is 17.9 Å². The molecule has 18 heavy (non-hydrogen) atoms. The summed E-state index contributed by atoms with van der Waals surface area (Å²) in [5.41, 5.74) is 1.02. The summed E-state index contributed by atoms with van der Waals surface area (Å²) in [6, 6.07) is 7.82. The van der Waals surface area contributed by atoms with Gasteiger partial charge >= 0.3 is 0 Å². The molecule has 1 aliphatic rings. The predicted octanol–water partition coefficient (Wildman–Crippen LogP) is 1.23. The molecule has 98 valence electrons. The molecule has 0 aliphatic carbocycles. The lowest BCUT2D eigenvalue weighted by Crippen LogP contribution is -2.37. The molecule has 1 aliphatic heterocycles. The van der Waals surface area contributed by atoms with Crippen molar-refractivity contribution in [2.24, 2.45) is 0 Å². The van der Waals surface area contributed by atoms with Crippen LogP contribution in [0.15, 0.2) is 24.3 Å². The highest BCUT2D eigenvalue weighted by Gasteiger charge is 2.29. The van der Waals surface area contributed by atoms with E-state index in [1.807, 2.05) is 38.4 Å². The van der Waals surface area contributed by atoms with Gasteiger partial charge in [-0.3, -0.25) is 4.79 Å². The molecule has 1 aromatic rings. The molecule has 4 heteroatoms. The number of amides is 1. The second kappa shape index (κ2) is 5.87. The lowest BCUT2D eigenvalue weighted by Gasteiger charge is -2.28. The maximum absolute atomic E-state index is 12.4. The van der Waals surface area contributed by atoms with E-state index in [-0.39, 0.29) is 11.8 Å². The second-order valence-corrected chi connectivity index (χ2v) is 4.59. The number of rotatable bonds is 4. The molecule has 0 saturated carbocycles. The summed E-state index contributed by atoms with van der Waals surface area (Å²) in [5, 5.41) is 3.06. The summed E-state index contributed by atoms with van der Waals surface area (Å²) in [6.45, 7) is 2.16. The first-order chi connectivity index (χ1) is 8.74. The molecule has 4 nitrogen and oxygen atoms in total. The van der Waals surface area contributed by atoms with E-state index in [2.05, 4.69) is 5.32 Å². The summed E-state index contributed by atoms with van der Waals surface area (Å²) < 4.78 is 5.58. The van der Waals surface area contributed by atoms with Gasteiger partial charge in [0.2, 0.25) is 5.91 Å². The summed E-state index contributed by atoms with van der Waals surface area (Å²) in [7, 11) is 3.75. The fraction of sp³-hybridized carbons (Fsp3) is 0.500. The lowest BCUT2D eigenvalue weighted by molar-refractivity contribution is -0.132. The molecule has 1 unspecified atom stereocenters. The maximum Gasteiger partial charge on any atom is 0.230 e. The molecular weight excluding hydrogens is 228 g/mol. The molecule has 0 aromatic heterocycles. The first-order valence-corrected chi connectivity index (χ1v) is 6.35. The van der Waals surface area contributed by atoms with Crippen LogP contribution in [0.5, 0.6) is 5.75 Å². The van der Waals surface area contributed by atoms with Gasteiger partial charge in [-0.05, 0) is 19.5 Å². The van der Waals surface area contributed by atoms with Gasteiger partial charge in [-0.1, -0.05) is 18.2 Å². The molecule has 0 saturated heterocycles. The Balaban J connectivity index is 2.12. The Morgan fingerprint density at radius 3 is 3.06 bits per heavy atom. The van der Waals surface area contributed by atoms with Crippen molar-refractivity contribution in [3.05, 3.63) is 29.8 Å². The van der Waals surface area contributed by atoms with Gasteiger partial charge in [-0.2, -0.15) is 0 Å². The molecular formula is C14H20N2O2. The Morgan fingerprint density at radius 2 is 2.28 bits per heavy atom. The SMILES string of the molecule is CNCCN(C)C(=O)C1CCOc2ccccc21. The molecule has 1 atom stereocenters. The van der Waals surface area contributed by atoms with Crippen LogP contribution in [0.4, 0.5) is 0 Å². The topological polar surface area (TPSA) is 41.6 Å². The second-order valence-electron chi connectivity index (χ2n) is 4.59. The first-order valence-electron chi connectivity index (χ1n) is 6.35. The number of benzene rings is 1. The van der Waals surface area contributed by atoms with Gasteiger partial charge in [0.25, 0.3) is 0 Å². The molecule has 1 amide bonds. The molecule has 2 rings (SSSR count). The van der Waals surface area contributed by atoms with Crippen LogP contribution in [0, 0.1) is 0 Å². The van der Waals surface area contributed by atoms with Gasteiger partial charge in [0.1, 0.15) is 5.75 Å². The minimum atomic E-state index is -0.0585. The Bertz CT molecular complexity index is 420. The third-order valence-electron chi connectivity index (χ3n) is 3.33. The average molecular weight is 248 g/mol. The van der Waals surface area contributed by atoms with Crippen molar-refractivity contribution < 1.29 is 9.53 Å². The smallest absolute Gasteiger partial charge is 0.230 e. The fourth-order valence-corrected chi connectivity index (χ4v) is 2.25. The van der Waals surface area contributed by atoms with Crippen LogP contribution in [0.2, 0.25) is 0 Å². The average Bonchev–Trinajstić information content (AvgIpc) is 2.43. The number of carbonyl (C=O) groups excluding carboxylic acids is 1. The normalized spacial score (nSPS) is 17.8. The molecule has 1 heterocycles. The van der Waals surface area contributed by atoms with Crippen molar-refractivity contribution in [3.8, 4) is 5.75 Å². The van der Waals surface area contributed by atoms with Crippen LogP contribution in [-0.4, -0.2) is 44.6 Å². The number of hydrogen-bond acceptors (Lipinski definition) is 3. The van der Waals surface area contributed by atoms with Crippen molar-refractivity contribution in [2.45, 2.75) is 12.3 Å². The number of ether oxygens (including phenoxy) is 1. The standard InChI is InChI=1S/C14H20N2O2/c1-15-8-9-16(2)14(17)12-7-10-18-13-6-4-3-5-11(12)13/h3-6,12,15H,7-10H2,1-2H3. The van der Waals surface area contributed by atoms with Gasteiger partial charge in [0.05, 0.1) is 12.5 Å². The highest BCUT2D eigenvalue weighted by Crippen LogP contribution is 2.34. The van der Waals surface area contributed by atoms with Crippen LogP contribution >= 0.6 is 0 Å². The van der Waals surface area contributed by atoms with Crippen molar-refractivity contribution in [1.29, 1.82) is 0 Å². The number of likely N-dealkylation sites (N-methyl/N-ethyl adjacent to an activating group) is 2. The summed E-state index contributed by atoms with van der Waals surface area (Å²) >= 11 is 0.